The van der Waals surface area contributed by atoms with E-state index in [1.165, 1.54) is 27.8 Å². The van der Waals surface area contributed by atoms with Crippen molar-refractivity contribution >= 4 is 11.8 Å². The molecule has 2 aromatic rings. The molecule has 1 aliphatic heterocycles. The number of carbonyl (C=O) groups is 2. The normalized spacial score (nSPS) is 14.4. The number of hydrogen-bond acceptors (Lipinski definition) is 3. The van der Waals surface area contributed by atoms with Gasteiger partial charge in [-0.3, -0.25) is 14.3 Å². The van der Waals surface area contributed by atoms with Gasteiger partial charge in [-0.2, -0.15) is 18.3 Å². The van der Waals surface area contributed by atoms with Gasteiger partial charge in [0.2, 0.25) is 0 Å². The maximum atomic E-state index is 12.7. The van der Waals surface area contributed by atoms with E-state index >= 15 is 0 Å². The molecule has 0 spiro atoms. The molecule has 1 aromatic heterocycles. The van der Waals surface area contributed by atoms with E-state index in [0.29, 0.717) is 36.8 Å². The molecule has 28 heavy (non-hydrogen) atoms. The number of nitrogens with one attached hydrogen (secondary N) is 1. The van der Waals surface area contributed by atoms with Crippen LogP contribution in [0.2, 0.25) is 0 Å². The summed E-state index contributed by atoms with van der Waals surface area (Å²) in [5.41, 5.74) is 0.355. The molecule has 150 valence electrons. The van der Waals surface area contributed by atoms with Crippen LogP contribution in [-0.2, 0) is 19.3 Å². The highest BCUT2D eigenvalue weighted by atomic mass is 19.4. The molecule has 0 saturated carbocycles. The van der Waals surface area contributed by atoms with Crippen molar-refractivity contribution in [1.82, 2.24) is 20.0 Å². The highest BCUT2D eigenvalue weighted by molar-refractivity contribution is 5.98. The zero-order valence-corrected chi connectivity index (χ0v) is 15.6. The molecule has 9 heteroatoms. The van der Waals surface area contributed by atoms with Crippen molar-refractivity contribution in [1.29, 1.82) is 0 Å². The van der Waals surface area contributed by atoms with Crippen molar-refractivity contribution in [3.8, 4) is 0 Å². The molecule has 0 fully saturated rings. The fourth-order valence-corrected chi connectivity index (χ4v) is 2.91. The van der Waals surface area contributed by atoms with Gasteiger partial charge in [0.1, 0.15) is 5.69 Å². The predicted octanol–water partition coefficient (Wildman–Crippen LogP) is 2.94. The standard InChI is InChI=1S/C19H21F3N4O2/c1-12(2)10-23-17(27)15-9-16-18(28)25(7-8-26(16)24-15)11-13-3-5-14(6-4-13)19(20,21)22/h3-6,9,12H,7-8,10-11H2,1-2H3,(H,23,27). The maximum absolute atomic E-state index is 12.7. The van der Waals surface area contributed by atoms with Crippen LogP contribution in [0.4, 0.5) is 13.2 Å². The molecule has 1 N–H and O–H groups in total. The average molecular weight is 394 g/mol. The number of aromatic nitrogens is 2. The van der Waals surface area contributed by atoms with Gasteiger partial charge in [-0.15, -0.1) is 0 Å². The number of alkyl halides is 3. The van der Waals surface area contributed by atoms with E-state index in [2.05, 4.69) is 10.4 Å². The molecule has 6 nitrogen and oxygen atoms in total. The molecule has 0 atom stereocenters. The predicted molar refractivity (Wildman–Crippen MR) is 95.6 cm³/mol. The first-order valence-corrected chi connectivity index (χ1v) is 8.96. The van der Waals surface area contributed by atoms with Gasteiger partial charge in [-0.1, -0.05) is 26.0 Å². The number of halogens is 3. The highest BCUT2D eigenvalue weighted by Gasteiger charge is 2.31. The fraction of sp³-hybridized carbons (Fsp3) is 0.421. The monoisotopic (exact) mass is 394 g/mol. The third-order valence-electron chi connectivity index (χ3n) is 4.43. The fourth-order valence-electron chi connectivity index (χ4n) is 2.91. The number of amides is 2. The Morgan fingerprint density at radius 1 is 1.21 bits per heavy atom. The SMILES string of the molecule is CC(C)CNC(=O)c1cc2n(n1)CCN(Cc1ccc(C(F)(F)F)cc1)C2=O. The Morgan fingerprint density at radius 3 is 2.50 bits per heavy atom. The van der Waals surface area contributed by atoms with Crippen molar-refractivity contribution in [3.63, 3.8) is 0 Å². The molecule has 2 heterocycles. The molecule has 1 aliphatic rings. The minimum atomic E-state index is -4.39. The molecule has 0 saturated heterocycles. The van der Waals surface area contributed by atoms with Gasteiger partial charge in [0.15, 0.2) is 5.69 Å². The Bertz CT molecular complexity index is 872. The van der Waals surface area contributed by atoms with Crippen LogP contribution in [0.25, 0.3) is 0 Å². The van der Waals surface area contributed by atoms with Crippen LogP contribution in [0.15, 0.2) is 30.3 Å². The Hall–Kier alpha value is -2.84. The first-order valence-electron chi connectivity index (χ1n) is 8.96. The summed E-state index contributed by atoms with van der Waals surface area (Å²) in [5, 5.41) is 6.95. The second kappa shape index (κ2) is 7.65. The minimum Gasteiger partial charge on any atom is -0.350 e. The second-order valence-electron chi connectivity index (χ2n) is 7.16. The lowest BCUT2D eigenvalue weighted by atomic mass is 10.1. The van der Waals surface area contributed by atoms with E-state index in [9.17, 15) is 22.8 Å². The zero-order valence-electron chi connectivity index (χ0n) is 15.6. The molecule has 2 amide bonds. The van der Waals surface area contributed by atoms with E-state index in [4.69, 9.17) is 0 Å². The van der Waals surface area contributed by atoms with Crippen LogP contribution >= 0.6 is 0 Å². The maximum Gasteiger partial charge on any atom is 0.416 e. The van der Waals surface area contributed by atoms with Gasteiger partial charge in [0.25, 0.3) is 11.8 Å². The molecular formula is C19H21F3N4O2. The summed E-state index contributed by atoms with van der Waals surface area (Å²) in [6.45, 7) is 5.43. The smallest absolute Gasteiger partial charge is 0.350 e. The van der Waals surface area contributed by atoms with Crippen LogP contribution in [-0.4, -0.2) is 39.6 Å². The van der Waals surface area contributed by atoms with Gasteiger partial charge in [0, 0.05) is 25.7 Å². The van der Waals surface area contributed by atoms with Gasteiger partial charge >= 0.3 is 6.18 Å². The van der Waals surface area contributed by atoms with Crippen LogP contribution in [0.3, 0.4) is 0 Å². The lowest BCUT2D eigenvalue weighted by Gasteiger charge is -2.27. The summed E-state index contributed by atoms with van der Waals surface area (Å²) in [4.78, 5) is 26.4. The summed E-state index contributed by atoms with van der Waals surface area (Å²) < 4.78 is 39.5. The van der Waals surface area contributed by atoms with Crippen molar-refractivity contribution in [2.24, 2.45) is 5.92 Å². The number of rotatable bonds is 5. The lowest BCUT2D eigenvalue weighted by Crippen LogP contribution is -2.39. The first kappa shape index (κ1) is 19.9. The van der Waals surface area contributed by atoms with Crippen LogP contribution in [0.5, 0.6) is 0 Å². The highest BCUT2D eigenvalue weighted by Crippen LogP contribution is 2.29. The minimum absolute atomic E-state index is 0.181. The Balaban J connectivity index is 1.70. The first-order chi connectivity index (χ1) is 13.1. The Labute approximate surface area is 160 Å². The molecule has 0 aliphatic carbocycles. The van der Waals surface area contributed by atoms with Gasteiger partial charge in [0.05, 0.1) is 12.1 Å². The number of fused-ring (bicyclic) bond motifs is 1. The Kier molecular flexibility index (Phi) is 5.44. The average Bonchev–Trinajstić information content (AvgIpc) is 3.07. The third-order valence-corrected chi connectivity index (χ3v) is 4.43. The molecule has 3 rings (SSSR count). The van der Waals surface area contributed by atoms with E-state index < -0.39 is 11.7 Å². The van der Waals surface area contributed by atoms with Crippen molar-refractivity contribution < 1.29 is 22.8 Å². The summed E-state index contributed by atoms with van der Waals surface area (Å²) >= 11 is 0. The largest absolute Gasteiger partial charge is 0.416 e. The molecular weight excluding hydrogens is 373 g/mol. The molecule has 0 unspecified atom stereocenters. The van der Waals surface area contributed by atoms with Crippen molar-refractivity contribution in [2.45, 2.75) is 33.1 Å². The number of benzene rings is 1. The molecule has 0 bridgehead atoms. The number of hydrogen-bond donors (Lipinski definition) is 1. The van der Waals surface area contributed by atoms with Crippen LogP contribution < -0.4 is 5.32 Å². The van der Waals surface area contributed by atoms with Crippen molar-refractivity contribution in [3.05, 3.63) is 52.8 Å². The molecule has 1 aromatic carbocycles. The van der Waals surface area contributed by atoms with E-state index in [1.54, 1.807) is 0 Å². The van der Waals surface area contributed by atoms with Crippen molar-refractivity contribution in [2.75, 3.05) is 13.1 Å². The number of nitrogens with zero attached hydrogens (tertiary/aromatic N) is 3. The number of carbonyl (C=O) groups excluding carboxylic acids is 2. The topological polar surface area (TPSA) is 67.2 Å². The lowest BCUT2D eigenvalue weighted by molar-refractivity contribution is -0.137. The van der Waals surface area contributed by atoms with E-state index in [-0.39, 0.29) is 24.1 Å². The summed E-state index contributed by atoms with van der Waals surface area (Å²) in [6, 6.07) is 6.20. The van der Waals surface area contributed by atoms with Crippen LogP contribution in [0, 0.1) is 5.92 Å². The summed E-state index contributed by atoms with van der Waals surface area (Å²) in [5.74, 6) is -0.346. The van der Waals surface area contributed by atoms with Crippen LogP contribution in [0.1, 0.15) is 46.0 Å². The van der Waals surface area contributed by atoms with Gasteiger partial charge in [-0.25, -0.2) is 0 Å². The Morgan fingerprint density at radius 2 is 1.89 bits per heavy atom. The summed E-state index contributed by atoms with van der Waals surface area (Å²) in [7, 11) is 0. The van der Waals surface area contributed by atoms with Gasteiger partial charge < -0.3 is 10.2 Å². The molecule has 0 radical (unpaired) electrons. The van der Waals surface area contributed by atoms with E-state index in [0.717, 1.165) is 12.1 Å². The zero-order chi connectivity index (χ0) is 20.5. The quantitative estimate of drug-likeness (QED) is 0.848. The van der Waals surface area contributed by atoms with Gasteiger partial charge in [-0.05, 0) is 23.6 Å². The van der Waals surface area contributed by atoms with E-state index in [1.807, 2.05) is 13.8 Å². The summed E-state index contributed by atoms with van der Waals surface area (Å²) in [6.07, 6.45) is -4.39. The third kappa shape index (κ3) is 4.35. The second-order valence-corrected chi connectivity index (χ2v) is 7.16.